The zero-order valence-electron chi connectivity index (χ0n) is 36.7. The molecule has 0 unspecified atom stereocenters. The third-order valence-electron chi connectivity index (χ3n) is 13.1. The van der Waals surface area contributed by atoms with Crippen molar-refractivity contribution in [1.82, 2.24) is 0 Å². The van der Waals surface area contributed by atoms with E-state index >= 15 is 0 Å². The number of benzene rings is 5. The van der Waals surface area contributed by atoms with Crippen molar-refractivity contribution in [2.24, 2.45) is 0 Å². The van der Waals surface area contributed by atoms with Crippen LogP contribution in [0, 0.1) is 13.8 Å². The summed E-state index contributed by atoms with van der Waals surface area (Å²) in [6, 6.07) is 41.3. The predicted octanol–water partition coefficient (Wildman–Crippen LogP) is 16.8. The molecule has 0 amide bonds. The second-order valence-electron chi connectivity index (χ2n) is 17.8. The lowest BCUT2D eigenvalue weighted by molar-refractivity contribution is 0.526. The Morgan fingerprint density at radius 1 is 0.351 bits per heavy atom. The zero-order chi connectivity index (χ0) is 39.9. The van der Waals surface area contributed by atoms with Gasteiger partial charge in [-0.05, 0) is 133 Å². The molecule has 1 aliphatic rings. The molecule has 0 bridgehead atoms. The van der Waals surface area contributed by atoms with E-state index in [2.05, 4.69) is 138 Å². The van der Waals surface area contributed by atoms with Crippen LogP contribution in [-0.4, -0.2) is 0 Å². The van der Waals surface area contributed by atoms with Crippen LogP contribution in [0.25, 0.3) is 22.3 Å². The second-order valence-corrected chi connectivity index (χ2v) is 17.8. The van der Waals surface area contributed by atoms with Crippen LogP contribution in [0.3, 0.4) is 0 Å². The first-order valence-corrected chi connectivity index (χ1v) is 23.5. The molecule has 0 nitrogen and oxygen atoms in total. The van der Waals surface area contributed by atoms with Gasteiger partial charge in [0.25, 0.3) is 0 Å². The zero-order valence-corrected chi connectivity index (χ0v) is 36.7. The fourth-order valence-electron chi connectivity index (χ4n) is 9.73. The molecule has 6 rings (SSSR count). The van der Waals surface area contributed by atoms with Crippen LogP contribution in [0.4, 0.5) is 0 Å². The van der Waals surface area contributed by atoms with E-state index in [4.69, 9.17) is 0 Å². The Hall–Kier alpha value is -3.90. The highest BCUT2D eigenvalue weighted by Crippen LogP contribution is 2.56. The second kappa shape index (κ2) is 21.7. The Bertz CT molecular complexity index is 1870. The Balaban J connectivity index is 1.22. The van der Waals surface area contributed by atoms with Gasteiger partial charge in [-0.25, -0.2) is 0 Å². The predicted molar refractivity (Wildman–Crippen MR) is 250 cm³/mol. The molecule has 5 aromatic carbocycles. The smallest absolute Gasteiger partial charge is 0.0464 e. The van der Waals surface area contributed by atoms with Gasteiger partial charge >= 0.3 is 0 Å². The highest BCUT2D eigenvalue weighted by atomic mass is 14.5. The maximum atomic E-state index is 2.64. The molecule has 0 heterocycles. The van der Waals surface area contributed by atoms with E-state index in [1.54, 1.807) is 16.7 Å². The minimum Gasteiger partial charge on any atom is -0.0654 e. The molecule has 5 aromatic rings. The molecule has 0 saturated heterocycles. The van der Waals surface area contributed by atoms with E-state index in [1.165, 1.54) is 178 Å². The summed E-state index contributed by atoms with van der Waals surface area (Å²) in [6.45, 7) is 11.5. The largest absolute Gasteiger partial charge is 0.0654 e. The molecule has 0 atom stereocenters. The van der Waals surface area contributed by atoms with E-state index in [-0.39, 0.29) is 5.41 Å². The van der Waals surface area contributed by atoms with Gasteiger partial charge in [0.05, 0.1) is 0 Å². The van der Waals surface area contributed by atoms with Crippen molar-refractivity contribution >= 4 is 0 Å². The average molecular weight is 759 g/mol. The van der Waals surface area contributed by atoms with Crippen molar-refractivity contribution in [3.05, 3.63) is 153 Å². The van der Waals surface area contributed by atoms with Crippen molar-refractivity contribution in [3.63, 3.8) is 0 Å². The third-order valence-corrected chi connectivity index (χ3v) is 13.1. The highest BCUT2D eigenvalue weighted by molar-refractivity contribution is 5.84. The Kier molecular flexibility index (Phi) is 16.3. The van der Waals surface area contributed by atoms with Gasteiger partial charge in [0.1, 0.15) is 0 Å². The Morgan fingerprint density at radius 2 is 0.737 bits per heavy atom. The minimum atomic E-state index is -0.134. The van der Waals surface area contributed by atoms with Crippen LogP contribution in [-0.2, 0) is 31.1 Å². The first kappa shape index (κ1) is 42.7. The standard InChI is InChI=1S/C57H74/c1-6-9-12-15-16-19-22-46-28-32-50(33-29-46)51-34-30-47(31-35-51)23-20-21-38-57(55-39-44(4)26-36-53(55)54-37-27-45(5)40-56(54)57)52-42-48(24-17-13-10-7-2)41-49(43-52)25-18-14-11-8-3/h26-37,39-43H,6-25,38H2,1-5H3. The van der Waals surface area contributed by atoms with Gasteiger partial charge in [-0.3, -0.25) is 0 Å². The van der Waals surface area contributed by atoms with Crippen LogP contribution in [0.5, 0.6) is 0 Å². The van der Waals surface area contributed by atoms with Gasteiger partial charge in [-0.15, -0.1) is 0 Å². The SMILES string of the molecule is CCCCCCCCc1ccc(-c2ccc(CCCCC3(c4cc(CCCCCC)cc(CCCCCC)c4)c4cc(C)ccc4-c4ccc(C)cc43)cc2)cc1. The van der Waals surface area contributed by atoms with E-state index in [0.717, 1.165) is 12.8 Å². The summed E-state index contributed by atoms with van der Waals surface area (Å²) in [7, 11) is 0. The van der Waals surface area contributed by atoms with Gasteiger partial charge in [0, 0.05) is 5.41 Å². The van der Waals surface area contributed by atoms with E-state index in [1.807, 2.05) is 0 Å². The summed E-state index contributed by atoms with van der Waals surface area (Å²) in [6.07, 6.45) is 26.8. The molecule has 57 heavy (non-hydrogen) atoms. The minimum absolute atomic E-state index is 0.134. The van der Waals surface area contributed by atoms with E-state index in [9.17, 15) is 0 Å². The topological polar surface area (TPSA) is 0 Å². The molecular formula is C57H74. The fourth-order valence-corrected chi connectivity index (χ4v) is 9.73. The molecule has 0 N–H and O–H groups in total. The lowest BCUT2D eigenvalue weighted by atomic mass is 9.68. The molecule has 0 spiro atoms. The van der Waals surface area contributed by atoms with Crippen LogP contribution < -0.4 is 0 Å². The van der Waals surface area contributed by atoms with Crippen LogP contribution >= 0.6 is 0 Å². The highest BCUT2D eigenvalue weighted by Gasteiger charge is 2.44. The van der Waals surface area contributed by atoms with E-state index < -0.39 is 0 Å². The van der Waals surface area contributed by atoms with Crippen molar-refractivity contribution in [2.45, 2.75) is 175 Å². The van der Waals surface area contributed by atoms with Crippen molar-refractivity contribution < 1.29 is 0 Å². The molecule has 0 radical (unpaired) electrons. The number of unbranched alkanes of at least 4 members (excludes halogenated alkanes) is 12. The summed E-state index contributed by atoms with van der Waals surface area (Å²) in [5.41, 5.74) is 18.8. The van der Waals surface area contributed by atoms with Crippen molar-refractivity contribution in [1.29, 1.82) is 0 Å². The number of aryl methyl sites for hydroxylation is 6. The third kappa shape index (κ3) is 11.2. The summed E-state index contributed by atoms with van der Waals surface area (Å²) in [5, 5.41) is 0. The van der Waals surface area contributed by atoms with Crippen molar-refractivity contribution in [3.8, 4) is 22.3 Å². The summed E-state index contributed by atoms with van der Waals surface area (Å²) in [5.74, 6) is 0. The number of hydrogen-bond acceptors (Lipinski definition) is 0. The number of fused-ring (bicyclic) bond motifs is 3. The summed E-state index contributed by atoms with van der Waals surface area (Å²) >= 11 is 0. The quantitative estimate of drug-likeness (QED) is 0.0550. The first-order chi connectivity index (χ1) is 27.9. The maximum absolute atomic E-state index is 2.64. The Labute approximate surface area is 349 Å². The summed E-state index contributed by atoms with van der Waals surface area (Å²) < 4.78 is 0. The maximum Gasteiger partial charge on any atom is 0.0464 e. The van der Waals surface area contributed by atoms with Gasteiger partial charge in [0.15, 0.2) is 0 Å². The van der Waals surface area contributed by atoms with Crippen LogP contribution in [0.15, 0.2) is 103 Å². The van der Waals surface area contributed by atoms with Gasteiger partial charge in [0.2, 0.25) is 0 Å². The number of rotatable bonds is 24. The monoisotopic (exact) mass is 759 g/mol. The lowest BCUT2D eigenvalue weighted by Gasteiger charge is -2.34. The molecule has 0 aromatic heterocycles. The Morgan fingerprint density at radius 3 is 1.19 bits per heavy atom. The molecule has 0 fully saturated rings. The molecule has 0 heteroatoms. The molecule has 302 valence electrons. The molecule has 0 saturated carbocycles. The van der Waals surface area contributed by atoms with Gasteiger partial charge in [-0.1, -0.05) is 212 Å². The number of hydrogen-bond donors (Lipinski definition) is 0. The van der Waals surface area contributed by atoms with Crippen LogP contribution in [0.1, 0.15) is 180 Å². The first-order valence-electron chi connectivity index (χ1n) is 23.5. The van der Waals surface area contributed by atoms with Crippen LogP contribution in [0.2, 0.25) is 0 Å². The molecular weight excluding hydrogens is 685 g/mol. The summed E-state index contributed by atoms with van der Waals surface area (Å²) in [4.78, 5) is 0. The molecule has 1 aliphatic carbocycles. The fraction of sp³-hybridized carbons (Fsp3) is 0.474. The van der Waals surface area contributed by atoms with E-state index in [0.29, 0.717) is 0 Å². The molecule has 0 aliphatic heterocycles. The lowest BCUT2D eigenvalue weighted by Crippen LogP contribution is -2.28. The van der Waals surface area contributed by atoms with Crippen molar-refractivity contribution in [2.75, 3.05) is 0 Å². The van der Waals surface area contributed by atoms with Gasteiger partial charge < -0.3 is 0 Å². The van der Waals surface area contributed by atoms with Gasteiger partial charge in [-0.2, -0.15) is 0 Å². The normalized spacial score (nSPS) is 12.9. The average Bonchev–Trinajstić information content (AvgIpc) is 3.49.